The second-order valence-corrected chi connectivity index (χ2v) is 6.69. The molecule has 122 valence electrons. The molecule has 4 aromatic rings. The number of thiazole rings is 1. The fourth-order valence-electron chi connectivity index (χ4n) is 2.17. The van der Waals surface area contributed by atoms with Gasteiger partial charge in [-0.3, -0.25) is 5.32 Å². The van der Waals surface area contributed by atoms with Crippen molar-refractivity contribution in [1.82, 2.24) is 15.2 Å². The zero-order chi connectivity index (χ0) is 16.5. The Morgan fingerprint density at radius 2 is 1.96 bits per heavy atom. The Morgan fingerprint density at radius 1 is 1.12 bits per heavy atom. The summed E-state index contributed by atoms with van der Waals surface area (Å²) in [5.74, 6) is 1.79. The molecule has 0 radical (unpaired) electrons. The minimum Gasteiger partial charge on any atom is -0.493 e. The summed E-state index contributed by atoms with van der Waals surface area (Å²) in [6.07, 6.45) is 0. The van der Waals surface area contributed by atoms with E-state index in [0.29, 0.717) is 28.5 Å². The van der Waals surface area contributed by atoms with Gasteiger partial charge < -0.3 is 13.9 Å². The van der Waals surface area contributed by atoms with E-state index in [-0.39, 0.29) is 0 Å². The van der Waals surface area contributed by atoms with Gasteiger partial charge in [-0.05, 0) is 11.4 Å². The highest BCUT2D eigenvalue weighted by Crippen LogP contribution is 2.37. The van der Waals surface area contributed by atoms with E-state index in [2.05, 4.69) is 20.5 Å². The molecule has 0 fully saturated rings. The number of fused-ring (bicyclic) bond motifs is 1. The summed E-state index contributed by atoms with van der Waals surface area (Å²) in [6.45, 7) is 0. The van der Waals surface area contributed by atoms with E-state index in [4.69, 9.17) is 13.9 Å². The highest BCUT2D eigenvalue weighted by Gasteiger charge is 2.14. The van der Waals surface area contributed by atoms with Crippen LogP contribution in [0.15, 0.2) is 34.1 Å². The Labute approximate surface area is 144 Å². The van der Waals surface area contributed by atoms with Gasteiger partial charge in [-0.15, -0.1) is 16.4 Å². The zero-order valence-corrected chi connectivity index (χ0v) is 14.4. The van der Waals surface area contributed by atoms with Gasteiger partial charge in [0, 0.05) is 12.1 Å². The molecule has 0 saturated heterocycles. The molecule has 3 heterocycles. The molecule has 0 spiro atoms. The van der Waals surface area contributed by atoms with Crippen LogP contribution in [-0.4, -0.2) is 29.4 Å². The molecule has 24 heavy (non-hydrogen) atoms. The predicted molar refractivity (Wildman–Crippen MR) is 93.6 cm³/mol. The summed E-state index contributed by atoms with van der Waals surface area (Å²) in [6, 6.07) is 7.89. The van der Waals surface area contributed by atoms with Crippen LogP contribution in [0.4, 0.5) is 11.1 Å². The number of nitrogens with one attached hydrogen (secondary N) is 1. The Kier molecular flexibility index (Phi) is 3.79. The van der Waals surface area contributed by atoms with Crippen molar-refractivity contribution in [2.24, 2.45) is 0 Å². The summed E-state index contributed by atoms with van der Waals surface area (Å²) in [7, 11) is 3.20. The quantitative estimate of drug-likeness (QED) is 0.572. The van der Waals surface area contributed by atoms with Gasteiger partial charge >= 0.3 is 6.01 Å². The average Bonchev–Trinajstić information content (AvgIpc) is 3.33. The fraction of sp³-hybridized carbons (Fsp3) is 0.133. The lowest BCUT2D eigenvalue weighted by molar-refractivity contribution is 0.356. The van der Waals surface area contributed by atoms with Gasteiger partial charge in [0.05, 0.1) is 29.3 Å². The molecule has 9 heteroatoms. The maximum atomic E-state index is 5.61. The average molecular weight is 360 g/mol. The SMILES string of the molecule is COc1cc2nc(Nc3nnc(-c4cccs4)o3)sc2cc1OC. The van der Waals surface area contributed by atoms with Gasteiger partial charge in [0.25, 0.3) is 5.89 Å². The van der Waals surface area contributed by atoms with Crippen LogP contribution >= 0.6 is 22.7 Å². The fourth-order valence-corrected chi connectivity index (χ4v) is 3.68. The number of aromatic nitrogens is 3. The molecule has 0 saturated carbocycles. The van der Waals surface area contributed by atoms with Crippen molar-refractivity contribution in [3.63, 3.8) is 0 Å². The zero-order valence-electron chi connectivity index (χ0n) is 12.8. The van der Waals surface area contributed by atoms with Gasteiger partial charge in [-0.2, -0.15) is 0 Å². The highest BCUT2D eigenvalue weighted by atomic mass is 32.1. The first kappa shape index (κ1) is 14.9. The highest BCUT2D eigenvalue weighted by molar-refractivity contribution is 7.22. The molecule has 0 atom stereocenters. The first-order valence-electron chi connectivity index (χ1n) is 6.94. The maximum Gasteiger partial charge on any atom is 0.322 e. The molecule has 3 aromatic heterocycles. The maximum absolute atomic E-state index is 5.61. The number of benzene rings is 1. The van der Waals surface area contributed by atoms with Crippen LogP contribution in [0.2, 0.25) is 0 Å². The van der Waals surface area contributed by atoms with Crippen LogP contribution in [0.5, 0.6) is 11.5 Å². The molecule has 0 aliphatic carbocycles. The third-order valence-electron chi connectivity index (χ3n) is 3.26. The smallest absolute Gasteiger partial charge is 0.322 e. The van der Waals surface area contributed by atoms with E-state index in [9.17, 15) is 0 Å². The largest absolute Gasteiger partial charge is 0.493 e. The van der Waals surface area contributed by atoms with Crippen molar-refractivity contribution in [1.29, 1.82) is 0 Å². The Balaban J connectivity index is 1.63. The van der Waals surface area contributed by atoms with E-state index in [1.54, 1.807) is 25.6 Å². The number of hydrogen-bond donors (Lipinski definition) is 1. The van der Waals surface area contributed by atoms with E-state index in [0.717, 1.165) is 15.1 Å². The van der Waals surface area contributed by atoms with Crippen LogP contribution in [0.25, 0.3) is 21.0 Å². The molecular formula is C15H12N4O3S2. The van der Waals surface area contributed by atoms with Crippen molar-refractivity contribution in [3.8, 4) is 22.3 Å². The summed E-state index contributed by atoms with van der Waals surface area (Å²) < 4.78 is 17.2. The molecular weight excluding hydrogens is 348 g/mol. The Hall–Kier alpha value is -2.65. The molecule has 0 aliphatic rings. The van der Waals surface area contributed by atoms with Crippen LogP contribution < -0.4 is 14.8 Å². The number of thiophene rings is 1. The van der Waals surface area contributed by atoms with Crippen molar-refractivity contribution in [2.75, 3.05) is 19.5 Å². The van der Waals surface area contributed by atoms with E-state index >= 15 is 0 Å². The summed E-state index contributed by atoms with van der Waals surface area (Å²) in [5.41, 5.74) is 0.804. The first-order valence-corrected chi connectivity index (χ1v) is 8.63. The molecule has 0 unspecified atom stereocenters. The molecule has 7 nitrogen and oxygen atoms in total. The molecule has 0 bridgehead atoms. The van der Waals surface area contributed by atoms with Gasteiger partial charge in [0.15, 0.2) is 16.6 Å². The second kappa shape index (κ2) is 6.10. The van der Waals surface area contributed by atoms with E-state index < -0.39 is 0 Å². The number of anilines is 2. The number of nitrogens with zero attached hydrogens (tertiary/aromatic N) is 3. The number of methoxy groups -OCH3 is 2. The van der Waals surface area contributed by atoms with Gasteiger partial charge in [0.1, 0.15) is 0 Å². The Bertz CT molecular complexity index is 937. The number of hydrogen-bond acceptors (Lipinski definition) is 9. The van der Waals surface area contributed by atoms with Gasteiger partial charge in [0.2, 0.25) is 0 Å². The Morgan fingerprint density at radius 3 is 2.71 bits per heavy atom. The van der Waals surface area contributed by atoms with E-state index in [1.165, 1.54) is 11.3 Å². The molecule has 1 aromatic carbocycles. The molecule has 1 N–H and O–H groups in total. The predicted octanol–water partition coefficient (Wildman–Crippen LogP) is 4.17. The summed E-state index contributed by atoms with van der Waals surface area (Å²) >= 11 is 3.01. The van der Waals surface area contributed by atoms with Crippen LogP contribution in [0.1, 0.15) is 0 Å². The number of ether oxygens (including phenoxy) is 2. The van der Waals surface area contributed by atoms with Gasteiger partial charge in [-0.1, -0.05) is 22.5 Å². The lowest BCUT2D eigenvalue weighted by atomic mass is 10.3. The van der Waals surface area contributed by atoms with E-state index in [1.807, 2.05) is 29.6 Å². The molecule has 4 rings (SSSR count). The summed E-state index contributed by atoms with van der Waals surface area (Å²) in [5, 5.41) is 13.7. The monoisotopic (exact) mass is 360 g/mol. The molecule has 0 amide bonds. The van der Waals surface area contributed by atoms with Crippen LogP contribution in [0, 0.1) is 0 Å². The topological polar surface area (TPSA) is 82.3 Å². The lowest BCUT2D eigenvalue weighted by Gasteiger charge is -2.05. The standard InChI is InChI=1S/C15H12N4O3S2/c1-20-9-6-8-12(7-10(9)21-2)24-15(16-8)17-14-19-18-13(22-14)11-4-3-5-23-11/h3-7H,1-2H3,(H,16,17,19). The van der Waals surface area contributed by atoms with Crippen molar-refractivity contribution in [2.45, 2.75) is 0 Å². The third kappa shape index (κ3) is 2.68. The van der Waals surface area contributed by atoms with Gasteiger partial charge in [-0.25, -0.2) is 4.98 Å². The lowest BCUT2D eigenvalue weighted by Crippen LogP contribution is -1.90. The van der Waals surface area contributed by atoms with Crippen LogP contribution in [-0.2, 0) is 0 Å². The minimum atomic E-state index is 0.302. The summed E-state index contributed by atoms with van der Waals surface area (Å²) in [4.78, 5) is 5.44. The van der Waals surface area contributed by atoms with Crippen LogP contribution in [0.3, 0.4) is 0 Å². The third-order valence-corrected chi connectivity index (χ3v) is 5.06. The molecule has 0 aliphatic heterocycles. The first-order chi connectivity index (χ1) is 11.8. The van der Waals surface area contributed by atoms with Crippen molar-refractivity contribution < 1.29 is 13.9 Å². The van der Waals surface area contributed by atoms with Crippen molar-refractivity contribution in [3.05, 3.63) is 29.6 Å². The normalized spacial score (nSPS) is 10.9. The van der Waals surface area contributed by atoms with Crippen molar-refractivity contribution >= 4 is 44.0 Å². The minimum absolute atomic E-state index is 0.302. The number of rotatable bonds is 5. The second-order valence-electron chi connectivity index (χ2n) is 4.71.